The topological polar surface area (TPSA) is 104 Å². The van der Waals surface area contributed by atoms with Gasteiger partial charge in [0.05, 0.1) is 22.5 Å². The Labute approximate surface area is 203 Å². The smallest absolute Gasteiger partial charge is 0.196 e. The molecule has 5 aromatic rings. The Morgan fingerprint density at radius 1 is 0.389 bits per heavy atom. The second-order valence-corrected chi connectivity index (χ2v) is 8.56. The second-order valence-electron chi connectivity index (χ2n) is 8.56. The van der Waals surface area contributed by atoms with E-state index in [1.165, 1.54) is 9.59 Å². The van der Waals surface area contributed by atoms with Crippen LogP contribution >= 0.6 is 0 Å². The van der Waals surface area contributed by atoms with Crippen molar-refractivity contribution in [3.63, 3.8) is 0 Å². The number of carbonyl (C=O) groups is 4. The van der Waals surface area contributed by atoms with Crippen LogP contribution in [0.2, 0.25) is 0 Å². The van der Waals surface area contributed by atoms with Gasteiger partial charge in [-0.3, -0.25) is 19.2 Å². The summed E-state index contributed by atoms with van der Waals surface area (Å²) >= 11 is 0. The highest BCUT2D eigenvalue weighted by molar-refractivity contribution is 6.30. The average molecular weight is 470 g/mol. The first-order chi connectivity index (χ1) is 17.6. The molecule has 0 bridgehead atoms. The van der Waals surface area contributed by atoms with Gasteiger partial charge < -0.3 is 0 Å². The van der Waals surface area contributed by atoms with Gasteiger partial charge in [-0.2, -0.15) is 0 Å². The highest BCUT2D eigenvalue weighted by atomic mass is 16.1. The van der Waals surface area contributed by atoms with Crippen LogP contribution < -0.4 is 0 Å². The molecule has 0 radical (unpaired) electrons. The summed E-state index contributed by atoms with van der Waals surface area (Å²) in [5.74, 6) is -1.10. The maximum Gasteiger partial charge on any atom is 0.196 e. The number of carbonyl (C=O) groups excluding carboxylic acids is 4. The van der Waals surface area contributed by atoms with Gasteiger partial charge in [0.15, 0.2) is 23.1 Å². The van der Waals surface area contributed by atoms with Crippen molar-refractivity contribution in [1.29, 1.82) is 0 Å². The van der Waals surface area contributed by atoms with E-state index in [-0.39, 0.29) is 45.4 Å². The largest absolute Gasteiger partial charge is 0.289 e. The molecule has 0 spiro atoms. The fourth-order valence-corrected chi connectivity index (χ4v) is 5.01. The minimum atomic E-state index is -0.298. The van der Waals surface area contributed by atoms with Crippen LogP contribution in [-0.2, 0) is 0 Å². The van der Waals surface area contributed by atoms with E-state index in [9.17, 15) is 19.2 Å². The lowest BCUT2D eigenvalue weighted by Crippen LogP contribution is -2.33. The molecule has 0 saturated carbocycles. The zero-order valence-electron chi connectivity index (χ0n) is 18.5. The van der Waals surface area contributed by atoms with Gasteiger partial charge in [0.1, 0.15) is 0 Å². The normalized spacial score (nSPS) is 13.8. The molecule has 0 fully saturated rings. The minimum absolute atomic E-state index is 0.211. The SMILES string of the molecule is O=C1c2ccccc2C(=O)c2c1cccc2-n1nnn1-c1cccc2c1C(=O)c1ccccc1C2=O. The number of aromatic nitrogens is 4. The van der Waals surface area contributed by atoms with E-state index >= 15 is 0 Å². The van der Waals surface area contributed by atoms with Gasteiger partial charge in [-0.25, -0.2) is 0 Å². The Bertz CT molecular complexity index is 1690. The lowest BCUT2D eigenvalue weighted by atomic mass is 9.83. The molecular formula is C28H14N4O4. The van der Waals surface area contributed by atoms with Crippen LogP contribution in [0.5, 0.6) is 0 Å². The number of hydrogen-bond donors (Lipinski definition) is 0. The van der Waals surface area contributed by atoms with Crippen molar-refractivity contribution in [1.82, 2.24) is 20.0 Å². The molecule has 36 heavy (non-hydrogen) atoms. The van der Waals surface area contributed by atoms with Gasteiger partial charge in [-0.05, 0) is 22.6 Å². The molecule has 0 saturated heterocycles. The van der Waals surface area contributed by atoms with Crippen molar-refractivity contribution in [2.45, 2.75) is 0 Å². The van der Waals surface area contributed by atoms with E-state index in [2.05, 4.69) is 10.4 Å². The first kappa shape index (κ1) is 20.2. The van der Waals surface area contributed by atoms with Crippen LogP contribution in [0.3, 0.4) is 0 Å². The maximum atomic E-state index is 13.5. The van der Waals surface area contributed by atoms with Gasteiger partial charge in [0, 0.05) is 33.4 Å². The molecule has 170 valence electrons. The monoisotopic (exact) mass is 470 g/mol. The first-order valence-corrected chi connectivity index (χ1v) is 11.2. The zero-order valence-corrected chi connectivity index (χ0v) is 18.5. The van der Waals surface area contributed by atoms with Crippen molar-refractivity contribution < 1.29 is 19.2 Å². The maximum absolute atomic E-state index is 13.5. The lowest BCUT2D eigenvalue weighted by Gasteiger charge is -2.25. The summed E-state index contributed by atoms with van der Waals surface area (Å²) in [6.45, 7) is 0. The number of ketones is 4. The first-order valence-electron chi connectivity index (χ1n) is 11.2. The number of fused-ring (bicyclic) bond motifs is 4. The van der Waals surface area contributed by atoms with Crippen molar-refractivity contribution in [3.8, 4) is 11.4 Å². The predicted molar refractivity (Wildman–Crippen MR) is 127 cm³/mol. The number of nitrogens with zero attached hydrogens (tertiary/aromatic N) is 4. The zero-order chi connectivity index (χ0) is 24.6. The van der Waals surface area contributed by atoms with E-state index in [1.54, 1.807) is 84.9 Å². The molecule has 0 atom stereocenters. The fraction of sp³-hybridized carbons (Fsp3) is 0. The molecule has 8 heteroatoms. The van der Waals surface area contributed by atoms with Crippen molar-refractivity contribution in [3.05, 3.63) is 129 Å². The molecule has 0 aliphatic heterocycles. The summed E-state index contributed by atoms with van der Waals surface area (Å²) in [4.78, 5) is 56.0. The van der Waals surface area contributed by atoms with Gasteiger partial charge in [-0.1, -0.05) is 72.8 Å². The molecule has 2 aliphatic carbocycles. The highest BCUT2D eigenvalue weighted by Crippen LogP contribution is 2.34. The van der Waals surface area contributed by atoms with E-state index in [1.807, 2.05) is 0 Å². The number of benzene rings is 4. The summed E-state index contributed by atoms with van der Waals surface area (Å²) in [5, 5.41) is 8.16. The molecular weight excluding hydrogens is 456 g/mol. The summed E-state index contributed by atoms with van der Waals surface area (Å²) in [6, 6.07) is 23.3. The standard InChI is InChI=1S/C28H14N4O4/c33-25-15-7-1-3-9-17(15)27(35)23-19(25)11-5-13-21(23)31-29-30-32(31)22-14-6-12-20-24(22)28(36)18-10-4-2-8-16(18)26(20)34/h1-14H. The predicted octanol–water partition coefficient (Wildman–Crippen LogP) is 3.61. The van der Waals surface area contributed by atoms with Crippen LogP contribution in [0.1, 0.15) is 63.7 Å². The third kappa shape index (κ3) is 2.52. The van der Waals surface area contributed by atoms with Crippen molar-refractivity contribution in [2.24, 2.45) is 0 Å². The Morgan fingerprint density at radius 2 is 0.722 bits per heavy atom. The summed E-state index contributed by atoms with van der Waals surface area (Å²) < 4.78 is 0. The molecule has 2 aliphatic rings. The number of rotatable bonds is 2. The molecule has 4 aromatic carbocycles. The van der Waals surface area contributed by atoms with Crippen LogP contribution in [0.25, 0.3) is 11.4 Å². The second kappa shape index (κ2) is 7.13. The van der Waals surface area contributed by atoms with Gasteiger partial charge in [0.25, 0.3) is 0 Å². The van der Waals surface area contributed by atoms with Crippen LogP contribution in [0.15, 0.2) is 84.9 Å². The van der Waals surface area contributed by atoms with Crippen molar-refractivity contribution >= 4 is 23.1 Å². The van der Waals surface area contributed by atoms with E-state index < -0.39 is 0 Å². The van der Waals surface area contributed by atoms with Gasteiger partial charge in [-0.15, -0.1) is 9.59 Å². The molecule has 0 amide bonds. The van der Waals surface area contributed by atoms with Gasteiger partial charge >= 0.3 is 0 Å². The quantitative estimate of drug-likeness (QED) is 0.382. The molecule has 1 aromatic heterocycles. The third-order valence-electron chi connectivity index (χ3n) is 6.68. The summed E-state index contributed by atoms with van der Waals surface area (Å²) in [7, 11) is 0. The van der Waals surface area contributed by atoms with Crippen molar-refractivity contribution in [2.75, 3.05) is 0 Å². The molecule has 8 nitrogen and oxygen atoms in total. The van der Waals surface area contributed by atoms with Gasteiger partial charge in [0.2, 0.25) is 0 Å². The number of hydrogen-bond acceptors (Lipinski definition) is 6. The fourth-order valence-electron chi connectivity index (χ4n) is 5.01. The Balaban J connectivity index is 1.41. The molecule has 7 rings (SSSR count). The van der Waals surface area contributed by atoms with Crippen LogP contribution in [0.4, 0.5) is 0 Å². The molecule has 1 heterocycles. The molecule has 0 N–H and O–H groups in total. The Morgan fingerprint density at radius 3 is 1.08 bits per heavy atom. The highest BCUT2D eigenvalue weighted by Gasteiger charge is 2.35. The Kier molecular flexibility index (Phi) is 3.99. The average Bonchev–Trinajstić information content (AvgIpc) is 2.89. The summed E-state index contributed by atoms with van der Waals surface area (Å²) in [6.07, 6.45) is 0. The van der Waals surface area contributed by atoms with E-state index in [0.717, 1.165) is 0 Å². The third-order valence-corrected chi connectivity index (χ3v) is 6.68. The summed E-state index contributed by atoms with van der Waals surface area (Å²) in [5.41, 5.74) is 3.02. The lowest BCUT2D eigenvalue weighted by molar-refractivity contribution is 0.0977. The van der Waals surface area contributed by atoms with E-state index in [4.69, 9.17) is 0 Å². The molecule has 0 unspecified atom stereocenters. The van der Waals surface area contributed by atoms with Crippen LogP contribution in [0, 0.1) is 0 Å². The van der Waals surface area contributed by atoms with Crippen LogP contribution in [-0.4, -0.2) is 43.2 Å². The minimum Gasteiger partial charge on any atom is -0.289 e. The van der Waals surface area contributed by atoms with E-state index in [0.29, 0.717) is 33.6 Å². The Hall–Kier alpha value is -5.24.